The van der Waals surface area contributed by atoms with Crippen molar-refractivity contribution in [3.63, 3.8) is 0 Å². The molecule has 0 radical (unpaired) electrons. The number of nitrogens with one attached hydrogen (secondary N) is 2. The number of hydrazone groups is 1. The minimum atomic E-state index is -0.612. The molecule has 0 atom stereocenters. The molecule has 2 rings (SSSR count). The summed E-state index contributed by atoms with van der Waals surface area (Å²) in [5.74, 6) is -0.345. The van der Waals surface area contributed by atoms with Gasteiger partial charge in [-0.25, -0.2) is 9.82 Å². The number of hydrogen-bond donors (Lipinski definition) is 2. The van der Waals surface area contributed by atoms with Crippen LogP contribution in [0.2, 0.25) is 0 Å². The second kappa shape index (κ2) is 11.3. The standard InChI is InChI=1S/C20H21FIN3O4/c1-3-29-19-16(22)10-13(11-17(19)28-2)12-24-25-18(26)8-9-23-20(27)14-6-4-5-7-15(14)21/h4-7,10-12H,3,8-9H2,1-2H3,(H,23,27)(H,25,26). The number of benzene rings is 2. The molecule has 0 unspecified atom stereocenters. The summed E-state index contributed by atoms with van der Waals surface area (Å²) in [7, 11) is 1.55. The number of methoxy groups -OCH3 is 1. The number of ether oxygens (including phenoxy) is 2. The molecule has 0 fully saturated rings. The highest BCUT2D eigenvalue weighted by molar-refractivity contribution is 14.1. The number of carbonyl (C=O) groups excluding carboxylic acids is 2. The van der Waals surface area contributed by atoms with Crippen LogP contribution in [-0.4, -0.2) is 38.3 Å². The maximum atomic E-state index is 13.5. The van der Waals surface area contributed by atoms with Crippen LogP contribution < -0.4 is 20.2 Å². The Morgan fingerprint density at radius 2 is 2.03 bits per heavy atom. The highest BCUT2D eigenvalue weighted by atomic mass is 127. The average molecular weight is 513 g/mol. The largest absolute Gasteiger partial charge is 0.493 e. The number of halogens is 2. The maximum absolute atomic E-state index is 13.5. The topological polar surface area (TPSA) is 89.0 Å². The monoisotopic (exact) mass is 513 g/mol. The number of amides is 2. The van der Waals surface area contributed by atoms with Crippen molar-refractivity contribution in [1.29, 1.82) is 0 Å². The first kappa shape index (κ1) is 22.6. The normalized spacial score (nSPS) is 10.6. The van der Waals surface area contributed by atoms with Gasteiger partial charge in [-0.3, -0.25) is 9.59 Å². The van der Waals surface area contributed by atoms with Gasteiger partial charge in [0.25, 0.3) is 5.91 Å². The van der Waals surface area contributed by atoms with E-state index in [0.29, 0.717) is 18.1 Å². The lowest BCUT2D eigenvalue weighted by Gasteiger charge is -2.12. The lowest BCUT2D eigenvalue weighted by molar-refractivity contribution is -0.120. The van der Waals surface area contributed by atoms with E-state index in [-0.39, 0.29) is 24.4 Å². The Hall–Kier alpha value is -2.69. The average Bonchev–Trinajstić information content (AvgIpc) is 2.70. The first-order valence-corrected chi connectivity index (χ1v) is 9.89. The lowest BCUT2D eigenvalue weighted by atomic mass is 10.2. The second-order valence-electron chi connectivity index (χ2n) is 5.75. The van der Waals surface area contributed by atoms with Crippen molar-refractivity contribution in [3.8, 4) is 11.5 Å². The Morgan fingerprint density at radius 3 is 2.72 bits per heavy atom. The van der Waals surface area contributed by atoms with E-state index in [4.69, 9.17) is 9.47 Å². The number of nitrogens with zero attached hydrogens (tertiary/aromatic N) is 1. The Balaban J connectivity index is 1.84. The number of carbonyl (C=O) groups is 2. The minimum Gasteiger partial charge on any atom is -0.493 e. The van der Waals surface area contributed by atoms with Crippen molar-refractivity contribution in [2.24, 2.45) is 5.10 Å². The Labute approximate surface area is 181 Å². The van der Waals surface area contributed by atoms with Gasteiger partial charge in [-0.1, -0.05) is 12.1 Å². The molecular formula is C20H21FIN3O4. The third kappa shape index (κ3) is 6.70. The minimum absolute atomic E-state index is 0.00165. The van der Waals surface area contributed by atoms with Crippen LogP contribution in [0.1, 0.15) is 29.3 Å². The molecule has 154 valence electrons. The smallest absolute Gasteiger partial charge is 0.254 e. The quantitative estimate of drug-likeness (QED) is 0.307. The van der Waals surface area contributed by atoms with Crippen molar-refractivity contribution in [3.05, 3.63) is 56.9 Å². The molecule has 0 bridgehead atoms. The predicted molar refractivity (Wildman–Crippen MR) is 116 cm³/mol. The van der Waals surface area contributed by atoms with Gasteiger partial charge in [-0.2, -0.15) is 5.10 Å². The lowest BCUT2D eigenvalue weighted by Crippen LogP contribution is -2.29. The summed E-state index contributed by atoms with van der Waals surface area (Å²) in [5, 5.41) is 6.40. The summed E-state index contributed by atoms with van der Waals surface area (Å²) in [6.07, 6.45) is 1.48. The fourth-order valence-electron chi connectivity index (χ4n) is 2.36. The SMILES string of the molecule is CCOc1c(I)cc(C=NNC(=O)CCNC(=O)c2ccccc2F)cc1OC. The second-order valence-corrected chi connectivity index (χ2v) is 6.91. The molecule has 2 aromatic rings. The van der Waals surface area contributed by atoms with E-state index >= 15 is 0 Å². The van der Waals surface area contributed by atoms with E-state index < -0.39 is 11.7 Å². The highest BCUT2D eigenvalue weighted by Crippen LogP contribution is 2.33. The van der Waals surface area contributed by atoms with Gasteiger partial charge in [0, 0.05) is 13.0 Å². The van der Waals surface area contributed by atoms with Gasteiger partial charge in [0.05, 0.1) is 29.1 Å². The molecule has 0 spiro atoms. The summed E-state index contributed by atoms with van der Waals surface area (Å²) in [4.78, 5) is 23.7. The van der Waals surface area contributed by atoms with E-state index in [1.165, 1.54) is 24.4 Å². The fraction of sp³-hybridized carbons (Fsp3) is 0.250. The zero-order chi connectivity index (χ0) is 21.2. The molecule has 0 saturated heterocycles. The summed E-state index contributed by atoms with van der Waals surface area (Å²) >= 11 is 2.13. The van der Waals surface area contributed by atoms with Crippen molar-refractivity contribution < 1.29 is 23.5 Å². The summed E-state index contributed by atoms with van der Waals surface area (Å²) < 4.78 is 25.3. The van der Waals surface area contributed by atoms with E-state index in [9.17, 15) is 14.0 Å². The highest BCUT2D eigenvalue weighted by Gasteiger charge is 2.12. The van der Waals surface area contributed by atoms with Gasteiger partial charge in [-0.15, -0.1) is 0 Å². The van der Waals surface area contributed by atoms with Crippen LogP contribution in [0.25, 0.3) is 0 Å². The fourth-order valence-corrected chi connectivity index (χ4v) is 3.14. The molecule has 29 heavy (non-hydrogen) atoms. The van der Waals surface area contributed by atoms with E-state index in [0.717, 1.165) is 9.13 Å². The van der Waals surface area contributed by atoms with Crippen molar-refractivity contribution >= 4 is 40.6 Å². The maximum Gasteiger partial charge on any atom is 0.254 e. The Bertz CT molecular complexity index is 905. The van der Waals surface area contributed by atoms with E-state index in [1.807, 2.05) is 13.0 Å². The molecule has 0 heterocycles. The molecule has 0 aromatic heterocycles. The van der Waals surface area contributed by atoms with Crippen molar-refractivity contribution in [2.75, 3.05) is 20.3 Å². The molecule has 7 nitrogen and oxygen atoms in total. The third-order valence-electron chi connectivity index (χ3n) is 3.70. The molecular weight excluding hydrogens is 492 g/mol. The molecule has 2 N–H and O–H groups in total. The molecule has 2 aromatic carbocycles. The molecule has 2 amide bonds. The van der Waals surface area contributed by atoms with Crippen LogP contribution in [0.5, 0.6) is 11.5 Å². The molecule has 0 aliphatic heterocycles. The van der Waals surface area contributed by atoms with Crippen molar-refractivity contribution in [2.45, 2.75) is 13.3 Å². The summed E-state index contributed by atoms with van der Waals surface area (Å²) in [6.45, 7) is 2.46. The molecule has 0 saturated carbocycles. The van der Waals surface area contributed by atoms with Crippen molar-refractivity contribution in [1.82, 2.24) is 10.7 Å². The van der Waals surface area contributed by atoms with Crippen LogP contribution in [0, 0.1) is 9.39 Å². The molecule has 9 heteroatoms. The summed E-state index contributed by atoms with van der Waals surface area (Å²) in [5.41, 5.74) is 3.04. The van der Waals surface area contributed by atoms with Crippen LogP contribution in [0.3, 0.4) is 0 Å². The zero-order valence-electron chi connectivity index (χ0n) is 16.0. The third-order valence-corrected chi connectivity index (χ3v) is 4.50. The first-order valence-electron chi connectivity index (χ1n) is 8.81. The zero-order valence-corrected chi connectivity index (χ0v) is 18.2. The van der Waals surface area contributed by atoms with Gasteiger partial charge in [0.15, 0.2) is 11.5 Å². The van der Waals surface area contributed by atoms with E-state index in [1.54, 1.807) is 19.2 Å². The van der Waals surface area contributed by atoms with Gasteiger partial charge in [0.2, 0.25) is 5.91 Å². The molecule has 0 aliphatic carbocycles. The molecule has 0 aliphatic rings. The first-order chi connectivity index (χ1) is 14.0. The van der Waals surface area contributed by atoms with Crippen LogP contribution in [0.4, 0.5) is 4.39 Å². The van der Waals surface area contributed by atoms with Gasteiger partial charge in [0.1, 0.15) is 5.82 Å². The van der Waals surface area contributed by atoms with Crippen LogP contribution >= 0.6 is 22.6 Å². The van der Waals surface area contributed by atoms with Gasteiger partial charge >= 0.3 is 0 Å². The van der Waals surface area contributed by atoms with Crippen LogP contribution in [0.15, 0.2) is 41.5 Å². The van der Waals surface area contributed by atoms with Crippen LogP contribution in [-0.2, 0) is 4.79 Å². The van der Waals surface area contributed by atoms with Gasteiger partial charge in [-0.05, 0) is 59.3 Å². The predicted octanol–water partition coefficient (Wildman–Crippen LogP) is 3.11. The van der Waals surface area contributed by atoms with Gasteiger partial charge < -0.3 is 14.8 Å². The Morgan fingerprint density at radius 1 is 1.28 bits per heavy atom. The van der Waals surface area contributed by atoms with E-state index in [2.05, 4.69) is 38.4 Å². The Kier molecular flexibility index (Phi) is 8.84. The summed E-state index contributed by atoms with van der Waals surface area (Å²) in [6, 6.07) is 9.24. The number of rotatable bonds is 9. The number of hydrogen-bond acceptors (Lipinski definition) is 5.